The third-order valence-electron chi connectivity index (χ3n) is 4.44. The summed E-state index contributed by atoms with van der Waals surface area (Å²) in [4.78, 5) is 0. The molecule has 3 nitrogen and oxygen atoms in total. The van der Waals surface area contributed by atoms with Crippen LogP contribution in [-0.2, 0) is 14.6 Å². The quantitative estimate of drug-likeness (QED) is 0.217. The molecular weight excluding hydrogens is 361 g/mol. The van der Waals surface area contributed by atoms with Crippen LogP contribution in [0.3, 0.4) is 0 Å². The van der Waals surface area contributed by atoms with Crippen LogP contribution in [-0.4, -0.2) is 32.5 Å². The Balaban J connectivity index is 2.54. The van der Waals surface area contributed by atoms with Crippen molar-refractivity contribution in [3.8, 4) is 0 Å². The molecule has 0 spiro atoms. The summed E-state index contributed by atoms with van der Waals surface area (Å²) < 4.78 is 12.8. The Morgan fingerprint density at radius 3 is 2.12 bits per heavy atom. The third kappa shape index (κ3) is 7.86. The van der Waals surface area contributed by atoms with Gasteiger partial charge in [0.2, 0.25) is 0 Å². The molecule has 0 aromatic rings. The van der Waals surface area contributed by atoms with Crippen molar-refractivity contribution in [3.63, 3.8) is 0 Å². The summed E-state index contributed by atoms with van der Waals surface area (Å²) in [5, 5.41) is 12.8. The first-order valence-electron chi connectivity index (χ1n) is 9.69. The standard InChI is InChI=1S/C20H37GeO3/c1-6-8-16-23-20(22,24-17-9-7-2)15-11-13-18-12-10-14-19(18)21(3,4)5/h10,14H,6-9,11-13,15-17H2,1-5H3. The van der Waals surface area contributed by atoms with Crippen LogP contribution in [0.1, 0.15) is 65.2 Å². The van der Waals surface area contributed by atoms with Gasteiger partial charge in [-0.05, 0) is 0 Å². The summed E-state index contributed by atoms with van der Waals surface area (Å²) >= 11 is -1.79. The molecule has 1 aliphatic carbocycles. The Hall–Kier alpha value is -0.0971. The summed E-state index contributed by atoms with van der Waals surface area (Å²) in [5.74, 6) is 5.65. The van der Waals surface area contributed by atoms with Crippen molar-refractivity contribution in [2.45, 2.75) is 88.5 Å². The Kier molecular flexibility index (Phi) is 9.87. The van der Waals surface area contributed by atoms with Crippen LogP contribution >= 0.6 is 0 Å². The second-order valence-corrected chi connectivity index (χ2v) is 18.4. The maximum atomic E-state index is 12.8. The molecule has 0 aromatic heterocycles. The summed E-state index contributed by atoms with van der Waals surface area (Å²) in [6, 6.07) is 0. The van der Waals surface area contributed by atoms with Crippen molar-refractivity contribution in [2.24, 2.45) is 0 Å². The maximum absolute atomic E-state index is 12.8. The first-order chi connectivity index (χ1) is 11.3. The molecule has 24 heavy (non-hydrogen) atoms. The monoisotopic (exact) mass is 399 g/mol. The molecule has 0 unspecified atom stereocenters. The fourth-order valence-electron chi connectivity index (χ4n) is 3.01. The predicted octanol–water partition coefficient (Wildman–Crippen LogP) is 6.01. The van der Waals surface area contributed by atoms with E-state index in [9.17, 15) is 5.11 Å². The number of hydrogen-bond donors (Lipinski definition) is 0. The second kappa shape index (κ2) is 10.8. The summed E-state index contributed by atoms with van der Waals surface area (Å²) in [7, 11) is 0. The number of ether oxygens (including phenoxy) is 2. The minimum absolute atomic E-state index is 0.439. The van der Waals surface area contributed by atoms with Gasteiger partial charge in [-0.2, -0.15) is 0 Å². The van der Waals surface area contributed by atoms with Crippen molar-refractivity contribution >= 4 is 13.3 Å². The number of hydrogen-bond acceptors (Lipinski definition) is 2. The molecule has 0 amide bonds. The number of unbranched alkanes of at least 4 members (excludes halogenated alkanes) is 2. The summed E-state index contributed by atoms with van der Waals surface area (Å²) in [5.41, 5.74) is 1.55. The van der Waals surface area contributed by atoms with Crippen LogP contribution in [0.15, 0.2) is 22.1 Å². The van der Waals surface area contributed by atoms with Crippen LogP contribution < -0.4 is 0 Å². The van der Waals surface area contributed by atoms with Crippen LogP contribution in [0.4, 0.5) is 0 Å². The predicted molar refractivity (Wildman–Crippen MR) is 103 cm³/mol. The van der Waals surface area contributed by atoms with Gasteiger partial charge in [-0.15, -0.1) is 0 Å². The normalized spacial score (nSPS) is 15.6. The van der Waals surface area contributed by atoms with Crippen LogP contribution in [0, 0.1) is 0 Å². The van der Waals surface area contributed by atoms with Crippen molar-refractivity contribution in [2.75, 3.05) is 13.2 Å². The average Bonchev–Trinajstić information content (AvgIpc) is 2.96. The minimum atomic E-state index is -1.79. The Labute approximate surface area is 151 Å². The number of rotatable bonds is 13. The summed E-state index contributed by atoms with van der Waals surface area (Å²) in [6.45, 7) is 5.21. The van der Waals surface area contributed by atoms with Crippen LogP contribution in [0.5, 0.6) is 0 Å². The first-order valence-corrected chi connectivity index (χ1v) is 17.0. The SMILES string of the molecule is CCCCOC([O])(CCCC1=[C]([Ge]([CH3])([CH3])[CH3])C=CC1)OCCCC. The molecule has 0 aromatic carbocycles. The Bertz CT molecular complexity index is 411. The van der Waals surface area contributed by atoms with E-state index in [0.29, 0.717) is 19.6 Å². The van der Waals surface area contributed by atoms with Crippen molar-refractivity contribution in [3.05, 3.63) is 22.1 Å². The van der Waals surface area contributed by atoms with Crippen LogP contribution in [0.25, 0.3) is 0 Å². The molecule has 1 radical (unpaired) electrons. The molecule has 0 bridgehead atoms. The molecule has 4 heteroatoms. The van der Waals surface area contributed by atoms with E-state index in [1.54, 1.807) is 9.98 Å². The molecule has 0 fully saturated rings. The van der Waals surface area contributed by atoms with Gasteiger partial charge in [0.05, 0.1) is 0 Å². The van der Waals surface area contributed by atoms with Gasteiger partial charge in [0.25, 0.3) is 0 Å². The van der Waals surface area contributed by atoms with E-state index in [1.165, 1.54) is 0 Å². The van der Waals surface area contributed by atoms with Crippen molar-refractivity contribution < 1.29 is 14.6 Å². The van der Waals surface area contributed by atoms with E-state index in [-0.39, 0.29) is 0 Å². The van der Waals surface area contributed by atoms with Gasteiger partial charge in [0, 0.05) is 0 Å². The van der Waals surface area contributed by atoms with E-state index in [2.05, 4.69) is 43.3 Å². The van der Waals surface area contributed by atoms with Crippen LogP contribution in [0.2, 0.25) is 17.3 Å². The number of allylic oxidation sites excluding steroid dienone is 4. The molecule has 0 N–H and O–H groups in total. The first kappa shape index (κ1) is 21.9. The van der Waals surface area contributed by atoms with Gasteiger partial charge in [0.15, 0.2) is 0 Å². The molecule has 0 atom stereocenters. The molecule has 0 heterocycles. The molecule has 139 valence electrons. The molecule has 1 aliphatic rings. The van der Waals surface area contributed by atoms with Gasteiger partial charge in [-0.1, -0.05) is 0 Å². The van der Waals surface area contributed by atoms with E-state index in [1.807, 2.05) is 0 Å². The topological polar surface area (TPSA) is 38.4 Å². The van der Waals surface area contributed by atoms with E-state index in [0.717, 1.165) is 44.9 Å². The van der Waals surface area contributed by atoms with Gasteiger partial charge >= 0.3 is 152 Å². The molecule has 1 rings (SSSR count). The van der Waals surface area contributed by atoms with Gasteiger partial charge in [0.1, 0.15) is 0 Å². The fraction of sp³-hybridized carbons (Fsp3) is 0.800. The molecule has 0 saturated carbocycles. The second-order valence-electron chi connectivity index (χ2n) is 7.81. The zero-order valence-corrected chi connectivity index (χ0v) is 18.5. The van der Waals surface area contributed by atoms with Gasteiger partial charge in [-0.3, -0.25) is 0 Å². The van der Waals surface area contributed by atoms with E-state index < -0.39 is 19.2 Å². The third-order valence-corrected chi connectivity index (χ3v) is 8.92. The molecular formula is C20H37GeO3. The van der Waals surface area contributed by atoms with Gasteiger partial charge in [-0.25, -0.2) is 0 Å². The average molecular weight is 398 g/mol. The molecule has 0 aliphatic heterocycles. The summed E-state index contributed by atoms with van der Waals surface area (Å²) in [6.07, 6.45) is 11.9. The fourth-order valence-corrected chi connectivity index (χ4v) is 7.01. The zero-order valence-electron chi connectivity index (χ0n) is 16.5. The molecule has 0 saturated heterocycles. The van der Waals surface area contributed by atoms with E-state index in [4.69, 9.17) is 9.47 Å². The Morgan fingerprint density at radius 1 is 1.04 bits per heavy atom. The van der Waals surface area contributed by atoms with E-state index >= 15 is 0 Å². The van der Waals surface area contributed by atoms with Crippen molar-refractivity contribution in [1.29, 1.82) is 0 Å². The zero-order chi connectivity index (χ0) is 18.1. The Morgan fingerprint density at radius 2 is 1.62 bits per heavy atom. The van der Waals surface area contributed by atoms with Crippen molar-refractivity contribution in [1.82, 2.24) is 0 Å². The van der Waals surface area contributed by atoms with Gasteiger partial charge < -0.3 is 0 Å².